The van der Waals surface area contributed by atoms with Crippen LogP contribution in [0.15, 0.2) is 12.1 Å². The van der Waals surface area contributed by atoms with Crippen LogP contribution in [0, 0.1) is 13.8 Å². The summed E-state index contributed by atoms with van der Waals surface area (Å²) in [4.78, 5) is 12.1. The molecule has 0 saturated heterocycles. The normalized spacial score (nSPS) is 18.9. The number of carbonyl (C=O) groups is 1. The highest BCUT2D eigenvalue weighted by Gasteiger charge is 2.28. The molecule has 1 aliphatic heterocycles. The summed E-state index contributed by atoms with van der Waals surface area (Å²) >= 11 is 6.21. The summed E-state index contributed by atoms with van der Waals surface area (Å²) < 4.78 is 2.13. The number of benzene rings is 1. The van der Waals surface area contributed by atoms with E-state index in [0.717, 1.165) is 32.7 Å². The summed E-state index contributed by atoms with van der Waals surface area (Å²) in [5.74, 6) is 0.0114. The Kier molecular flexibility index (Phi) is 2.42. The zero-order valence-corrected chi connectivity index (χ0v) is 11.4. The molecule has 0 saturated carbocycles. The smallest absolute Gasteiger partial charge is 0.268 e. The Morgan fingerprint density at radius 3 is 2.78 bits per heavy atom. The lowest BCUT2D eigenvalue weighted by molar-refractivity contribution is 0.0918. The Balaban J connectivity index is 2.51. The standard InChI is InChI=1S/C14H15ClN2O/c1-7-6-16-14(18)13-8(2)10-4-5-11(15)9(3)12(10)17(7)13/h4-5,7H,6H2,1-3H3,(H,16,18). The van der Waals surface area contributed by atoms with Crippen LogP contribution in [0.3, 0.4) is 0 Å². The van der Waals surface area contributed by atoms with Gasteiger partial charge in [-0.05, 0) is 38.0 Å². The molecule has 0 bridgehead atoms. The van der Waals surface area contributed by atoms with Gasteiger partial charge in [-0.3, -0.25) is 4.79 Å². The third-order valence-corrected chi connectivity index (χ3v) is 4.23. The molecule has 1 aromatic carbocycles. The highest BCUT2D eigenvalue weighted by atomic mass is 35.5. The number of hydrogen-bond donors (Lipinski definition) is 1. The average molecular weight is 263 g/mol. The van der Waals surface area contributed by atoms with Crippen LogP contribution in [0.1, 0.15) is 34.6 Å². The minimum absolute atomic E-state index is 0.0114. The molecule has 3 nitrogen and oxygen atoms in total. The van der Waals surface area contributed by atoms with Crippen molar-refractivity contribution in [3.63, 3.8) is 0 Å². The molecule has 0 spiro atoms. The first-order valence-electron chi connectivity index (χ1n) is 6.10. The van der Waals surface area contributed by atoms with Gasteiger partial charge in [0.05, 0.1) is 5.52 Å². The lowest BCUT2D eigenvalue weighted by Gasteiger charge is -2.25. The van der Waals surface area contributed by atoms with Crippen LogP contribution in [0.2, 0.25) is 5.02 Å². The third-order valence-electron chi connectivity index (χ3n) is 3.82. The monoisotopic (exact) mass is 262 g/mol. The number of carbonyl (C=O) groups excluding carboxylic acids is 1. The van der Waals surface area contributed by atoms with E-state index in [1.807, 2.05) is 26.0 Å². The number of nitrogens with one attached hydrogen (secondary N) is 1. The van der Waals surface area contributed by atoms with Gasteiger partial charge in [-0.15, -0.1) is 0 Å². The molecule has 1 aromatic heterocycles. The molecule has 1 amide bonds. The van der Waals surface area contributed by atoms with E-state index in [2.05, 4.69) is 16.8 Å². The van der Waals surface area contributed by atoms with Crippen LogP contribution in [0.4, 0.5) is 0 Å². The van der Waals surface area contributed by atoms with Crippen molar-refractivity contribution >= 4 is 28.4 Å². The molecule has 2 heterocycles. The second-order valence-corrected chi connectivity index (χ2v) is 5.38. The van der Waals surface area contributed by atoms with Crippen molar-refractivity contribution in [3.05, 3.63) is 34.0 Å². The van der Waals surface area contributed by atoms with E-state index in [4.69, 9.17) is 11.6 Å². The lowest BCUT2D eigenvalue weighted by atomic mass is 10.1. The molecule has 4 heteroatoms. The van der Waals surface area contributed by atoms with E-state index in [0.29, 0.717) is 6.54 Å². The molecule has 1 atom stereocenters. The molecule has 0 aliphatic carbocycles. The fourth-order valence-corrected chi connectivity index (χ4v) is 3.00. The van der Waals surface area contributed by atoms with Crippen LogP contribution >= 0.6 is 11.6 Å². The summed E-state index contributed by atoms with van der Waals surface area (Å²) in [5.41, 5.74) is 3.95. The SMILES string of the molecule is Cc1c2n(c3c(C)c(Cl)ccc13)C(C)CNC2=O. The van der Waals surface area contributed by atoms with Crippen molar-refractivity contribution in [1.82, 2.24) is 9.88 Å². The molecule has 18 heavy (non-hydrogen) atoms. The van der Waals surface area contributed by atoms with E-state index in [1.165, 1.54) is 0 Å². The summed E-state index contributed by atoms with van der Waals surface area (Å²) in [7, 11) is 0. The van der Waals surface area contributed by atoms with Gasteiger partial charge in [-0.2, -0.15) is 0 Å². The van der Waals surface area contributed by atoms with Crippen molar-refractivity contribution in [1.29, 1.82) is 0 Å². The molecule has 1 aliphatic rings. The van der Waals surface area contributed by atoms with E-state index in [-0.39, 0.29) is 11.9 Å². The fourth-order valence-electron chi connectivity index (χ4n) is 2.84. The van der Waals surface area contributed by atoms with Gasteiger partial charge in [0.15, 0.2) is 0 Å². The van der Waals surface area contributed by atoms with E-state index < -0.39 is 0 Å². The van der Waals surface area contributed by atoms with Crippen LogP contribution < -0.4 is 5.32 Å². The quantitative estimate of drug-likeness (QED) is 0.777. The zero-order valence-electron chi connectivity index (χ0n) is 10.7. The predicted octanol–water partition coefficient (Wildman–Crippen LogP) is 3.22. The Bertz CT molecular complexity index is 672. The summed E-state index contributed by atoms with van der Waals surface area (Å²) in [5, 5.41) is 4.80. The van der Waals surface area contributed by atoms with Crippen molar-refractivity contribution in [3.8, 4) is 0 Å². The van der Waals surface area contributed by atoms with E-state index in [1.54, 1.807) is 0 Å². The molecule has 3 rings (SSSR count). The summed E-state index contributed by atoms with van der Waals surface area (Å²) in [6.07, 6.45) is 0. The topological polar surface area (TPSA) is 34.0 Å². The molecular weight excluding hydrogens is 248 g/mol. The minimum Gasteiger partial charge on any atom is -0.349 e. The zero-order chi connectivity index (χ0) is 13.0. The van der Waals surface area contributed by atoms with Crippen LogP contribution in [-0.4, -0.2) is 17.0 Å². The maximum Gasteiger partial charge on any atom is 0.268 e. The van der Waals surface area contributed by atoms with Crippen LogP contribution in [0.5, 0.6) is 0 Å². The molecule has 94 valence electrons. The average Bonchev–Trinajstić information content (AvgIpc) is 2.64. The summed E-state index contributed by atoms with van der Waals surface area (Å²) in [6, 6.07) is 4.16. The first kappa shape index (κ1) is 11.6. The Morgan fingerprint density at radius 1 is 1.33 bits per heavy atom. The Labute approximate surface area is 111 Å². The molecule has 0 radical (unpaired) electrons. The van der Waals surface area contributed by atoms with Crippen molar-refractivity contribution in [2.24, 2.45) is 0 Å². The van der Waals surface area contributed by atoms with Gasteiger partial charge in [0, 0.05) is 23.0 Å². The summed E-state index contributed by atoms with van der Waals surface area (Å²) in [6.45, 7) is 6.79. The van der Waals surface area contributed by atoms with Gasteiger partial charge in [0.2, 0.25) is 0 Å². The van der Waals surface area contributed by atoms with Gasteiger partial charge < -0.3 is 9.88 Å². The number of hydrogen-bond acceptors (Lipinski definition) is 1. The fraction of sp³-hybridized carbons (Fsp3) is 0.357. The molecule has 1 N–H and O–H groups in total. The lowest BCUT2D eigenvalue weighted by Crippen LogP contribution is -2.38. The maximum atomic E-state index is 12.1. The van der Waals surface area contributed by atoms with Gasteiger partial charge in [-0.1, -0.05) is 17.7 Å². The highest BCUT2D eigenvalue weighted by molar-refractivity contribution is 6.32. The highest BCUT2D eigenvalue weighted by Crippen LogP contribution is 2.35. The van der Waals surface area contributed by atoms with Crippen LogP contribution in [0.25, 0.3) is 10.9 Å². The number of fused-ring (bicyclic) bond motifs is 3. The minimum atomic E-state index is 0.0114. The Hall–Kier alpha value is -1.48. The van der Waals surface area contributed by atoms with Gasteiger partial charge in [0.1, 0.15) is 5.69 Å². The number of aryl methyl sites for hydroxylation is 2. The second-order valence-electron chi connectivity index (χ2n) is 4.97. The van der Waals surface area contributed by atoms with Gasteiger partial charge in [0.25, 0.3) is 5.91 Å². The van der Waals surface area contributed by atoms with Crippen molar-refractivity contribution < 1.29 is 4.79 Å². The first-order chi connectivity index (χ1) is 8.52. The van der Waals surface area contributed by atoms with Crippen LogP contribution in [-0.2, 0) is 0 Å². The second kappa shape index (κ2) is 3.75. The van der Waals surface area contributed by atoms with E-state index >= 15 is 0 Å². The third kappa shape index (κ3) is 1.34. The number of nitrogens with zero attached hydrogens (tertiary/aromatic N) is 1. The number of halogens is 1. The van der Waals surface area contributed by atoms with E-state index in [9.17, 15) is 4.79 Å². The molecule has 1 unspecified atom stereocenters. The number of rotatable bonds is 0. The van der Waals surface area contributed by atoms with Crippen molar-refractivity contribution in [2.75, 3.05) is 6.54 Å². The van der Waals surface area contributed by atoms with Crippen molar-refractivity contribution in [2.45, 2.75) is 26.8 Å². The number of aromatic nitrogens is 1. The molecule has 2 aromatic rings. The first-order valence-corrected chi connectivity index (χ1v) is 6.48. The maximum absolute atomic E-state index is 12.1. The largest absolute Gasteiger partial charge is 0.349 e. The predicted molar refractivity (Wildman–Crippen MR) is 73.5 cm³/mol. The number of amides is 1. The van der Waals surface area contributed by atoms with Gasteiger partial charge in [-0.25, -0.2) is 0 Å². The van der Waals surface area contributed by atoms with Gasteiger partial charge >= 0.3 is 0 Å². The molecule has 0 fully saturated rings. The molecular formula is C14H15ClN2O. The Morgan fingerprint density at radius 2 is 2.06 bits per heavy atom.